The molecule has 4 aromatic carbocycles. The van der Waals surface area contributed by atoms with E-state index in [4.69, 9.17) is 26.4 Å². The molecule has 2 aliphatic rings. The summed E-state index contributed by atoms with van der Waals surface area (Å²) in [5.74, 6) is -13.9. The topological polar surface area (TPSA) is 276 Å². The van der Waals surface area contributed by atoms with Crippen LogP contribution < -0.4 is 36.0 Å². The van der Waals surface area contributed by atoms with Crippen LogP contribution in [-0.2, 0) is 39.8 Å². The van der Waals surface area contributed by atoms with Gasteiger partial charge >= 0.3 is 23.9 Å². The fourth-order valence-electron chi connectivity index (χ4n) is 8.25. The zero-order valence-corrected chi connectivity index (χ0v) is 74.1. The van der Waals surface area contributed by atoms with Gasteiger partial charge in [-0.3, -0.25) is 0 Å². The number of benzene rings is 4. The Hall–Kier alpha value is -2.08. The molecule has 31 heteroatoms. The number of aromatic carboxylic acids is 2. The number of carbonyl (C=O) groups is 7. The predicted molar refractivity (Wildman–Crippen MR) is 432 cm³/mol. The summed E-state index contributed by atoms with van der Waals surface area (Å²) in [5.41, 5.74) is 6.28. The third kappa shape index (κ3) is 30.6. The minimum atomic E-state index is -2.45. The number of nitrogens with two attached hydrogens (primary N) is 2. The molecule has 534 valence electrons. The van der Waals surface area contributed by atoms with Gasteiger partial charge in [-0.25, -0.2) is 28.0 Å². The average Bonchev–Trinajstić information content (AvgIpc) is 0.775. The number of nitrogens with zero attached hydrogens (tertiary/aromatic N) is 1. The Kier molecular flexibility index (Phi) is 42.1. The number of carboxylic acid groups (broad SMARTS) is 3. The first kappa shape index (κ1) is 92.9. The molecule has 0 bridgehead atoms. The molecule has 5 N–H and O–H groups in total. The third-order valence-electron chi connectivity index (χ3n) is 14.0. The Morgan fingerprint density at radius 1 is 0.732 bits per heavy atom. The molecular formula is C66H74F4I9N4O14-. The maximum Gasteiger partial charge on any atom is 0.344 e. The number of nitrogens with one attached hydrogen (secondary N) is 1. The van der Waals surface area contributed by atoms with Crippen LogP contribution in [0.2, 0.25) is 0 Å². The Balaban J connectivity index is 0.000000593. The normalized spacial score (nSPS) is 15.2. The number of ether oxygens (including phenoxy) is 4. The lowest BCUT2D eigenvalue weighted by Gasteiger charge is -2.37. The quantitative estimate of drug-likeness (QED) is 0.00906. The highest BCUT2D eigenvalue weighted by atomic mass is 127. The van der Waals surface area contributed by atoms with E-state index in [2.05, 4.69) is 156 Å². The Morgan fingerprint density at radius 2 is 1.21 bits per heavy atom. The van der Waals surface area contributed by atoms with Crippen molar-refractivity contribution < 1.29 is 95.6 Å². The molecule has 1 saturated heterocycles. The summed E-state index contributed by atoms with van der Waals surface area (Å²) in [6.45, 7) is 27.3. The van der Waals surface area contributed by atoms with Gasteiger partial charge in [0.1, 0.15) is 12.1 Å². The fourth-order valence-corrected chi connectivity index (χ4v) is 16.8. The van der Waals surface area contributed by atoms with Crippen molar-refractivity contribution in [2.24, 2.45) is 17.8 Å². The average molecular weight is 2370 g/mol. The van der Waals surface area contributed by atoms with Crippen molar-refractivity contribution in [1.29, 1.82) is 0 Å². The number of quaternary nitrogens is 2. The zero-order valence-electron chi connectivity index (χ0n) is 54.7. The van der Waals surface area contributed by atoms with Crippen molar-refractivity contribution in [1.82, 2.24) is 4.90 Å². The van der Waals surface area contributed by atoms with Crippen molar-refractivity contribution in [2.45, 2.75) is 104 Å². The molecule has 2 atom stereocenters. The first-order chi connectivity index (χ1) is 44.7. The summed E-state index contributed by atoms with van der Waals surface area (Å²) in [6, 6.07) is 8.59. The van der Waals surface area contributed by atoms with Crippen LogP contribution in [-0.4, -0.2) is 118 Å². The van der Waals surface area contributed by atoms with E-state index < -0.39 is 70.0 Å². The number of nitrogen functional groups attached to an aromatic ring is 1. The molecule has 1 saturated carbocycles. The second-order valence-corrected chi connectivity index (χ2v) is 33.7. The number of carboxylic acids is 3. The molecule has 2 unspecified atom stereocenters. The maximum atomic E-state index is 13.8. The molecule has 1 aliphatic carbocycles. The third-order valence-corrected chi connectivity index (χ3v) is 24.4. The van der Waals surface area contributed by atoms with Crippen molar-refractivity contribution in [3.63, 3.8) is 0 Å². The lowest BCUT2D eigenvalue weighted by atomic mass is 9.80. The molecular weight excluding hydrogens is 2290 g/mol. The molecule has 6 rings (SSSR count). The molecule has 18 nitrogen and oxygen atoms in total. The molecule has 0 amide bonds. The zero-order chi connectivity index (χ0) is 75.1. The predicted octanol–water partition coefficient (Wildman–Crippen LogP) is 9.85. The number of aliphatic carboxylic acids is 1. The van der Waals surface area contributed by atoms with Crippen LogP contribution >= 0.6 is 203 Å². The van der Waals surface area contributed by atoms with Crippen LogP contribution in [0.3, 0.4) is 0 Å². The molecule has 4 aromatic rings. The van der Waals surface area contributed by atoms with E-state index in [1.54, 1.807) is 55.5 Å². The number of likely N-dealkylation sites (N-methyl/N-ethyl adjacent to an activating group) is 2. The second kappa shape index (κ2) is 43.9. The van der Waals surface area contributed by atoms with Crippen molar-refractivity contribution in [3.8, 4) is 18.1 Å². The summed E-state index contributed by atoms with van der Waals surface area (Å²) in [6.07, 6.45) is 10.0. The van der Waals surface area contributed by atoms with E-state index in [-0.39, 0.29) is 40.7 Å². The number of rotatable bonds is 19. The summed E-state index contributed by atoms with van der Waals surface area (Å²) < 4.78 is 82.7. The number of hydrogen-bond acceptors (Lipinski definition) is 16. The fraction of sp³-hybridized carbons (Fsp3) is 0.409. The van der Waals surface area contributed by atoms with Gasteiger partial charge < -0.3 is 69.5 Å². The van der Waals surface area contributed by atoms with E-state index in [0.717, 1.165) is 84.5 Å². The Morgan fingerprint density at radius 3 is 1.60 bits per heavy atom. The highest BCUT2D eigenvalue weighted by Crippen LogP contribution is 2.36. The standard InChI is InChI=1S/C14H3F4I3O4.C13H18O2.C11H12I3NO2.C11H22N2O2.C10H17NO2.C7H3I3O2/c15-7-6(13(22)23)8(16)10(18)12(9(7)17)25-14(24)4-1-3(19)2-5(20)11(4)21;1-5-13(15-12(14)10(2)3)8-6-11(4)7-9-13;1-2-5(11(16)17)3-6-7(12)4-8(13)10(15)9(6)14;1-9(2)11(14)15-10(7-12(3)4)8-13(5)6;1-7(2)9(12)13-10(3,4)8-5-11-6-8;8-3-1-4(7(11)12)6(10)5(9)2-3/h1-2H,(H,22,23);1,11H,2,6-9H2,3-4H3;4-5H,2-3,15H2,1H3,(H,16,17);10H,1,7-8H2,2-6H3;8,11H,1,5-6H2,2-4H3;1-2H,(H,11,12)/p-1. The van der Waals surface area contributed by atoms with Gasteiger partial charge in [-0.2, -0.15) is 8.78 Å². The van der Waals surface area contributed by atoms with Gasteiger partial charge in [0, 0.05) is 72.8 Å². The van der Waals surface area contributed by atoms with Gasteiger partial charge in [0.15, 0.2) is 23.3 Å². The summed E-state index contributed by atoms with van der Waals surface area (Å²) in [7, 11) is 8.01. The number of hydrogen-bond donors (Lipinski definition) is 3. The van der Waals surface area contributed by atoms with Crippen LogP contribution in [0, 0.1) is 85.5 Å². The lowest BCUT2D eigenvalue weighted by Crippen LogP contribution is -3.07. The van der Waals surface area contributed by atoms with E-state index in [1.807, 2.05) is 134 Å². The van der Waals surface area contributed by atoms with Gasteiger partial charge in [0.05, 0.1) is 61.9 Å². The SMILES string of the molecule is C#CC1(OC(=O)C(=C)C)CCC(C)CC1.C=C(C)C(=O)OC(C)(C)C1C[NH2+]C1.C=C(C)C(=O)OC(CN(C)C)C[NH+](C)C.CCC(Cc1c(I)cc(I)c(N)c1I)C(=O)[O-].O=C(Oc1c(F)c(F)c(C(=O)[O-])c(F)c1F)c1cc(I)cc(I)c1I.O=C([O-])c1cc(I)cc(I)c1I. The minimum absolute atomic E-state index is 0.0748. The van der Waals surface area contributed by atoms with Crippen LogP contribution in [0.5, 0.6) is 5.75 Å². The van der Waals surface area contributed by atoms with E-state index in [9.17, 15) is 66.4 Å². The monoisotopic (exact) mass is 2360 g/mol. The van der Waals surface area contributed by atoms with E-state index in [0.29, 0.717) is 52.1 Å². The molecule has 0 spiro atoms. The largest absolute Gasteiger partial charge is 0.550 e. The number of carbonyl (C=O) groups excluding carboxylic acids is 7. The summed E-state index contributed by atoms with van der Waals surface area (Å²) >= 11 is 18.4. The summed E-state index contributed by atoms with van der Waals surface area (Å²) in [4.78, 5) is 81.6. The van der Waals surface area contributed by atoms with E-state index >= 15 is 0 Å². The second-order valence-electron chi connectivity index (χ2n) is 23.3. The van der Waals surface area contributed by atoms with Gasteiger partial charge in [-0.05, 0) is 332 Å². The van der Waals surface area contributed by atoms with Crippen molar-refractivity contribution >= 4 is 251 Å². The molecule has 1 heterocycles. The Bertz CT molecular complexity index is 3580. The number of terminal acetylenes is 1. The molecule has 97 heavy (non-hydrogen) atoms. The molecule has 0 aromatic heterocycles. The molecule has 0 radical (unpaired) electrons. The lowest BCUT2D eigenvalue weighted by molar-refractivity contribution is -0.861. The van der Waals surface area contributed by atoms with Crippen LogP contribution in [0.4, 0.5) is 23.2 Å². The smallest absolute Gasteiger partial charge is 0.344 e. The van der Waals surface area contributed by atoms with Gasteiger partial charge in [-0.15, -0.1) is 6.42 Å². The van der Waals surface area contributed by atoms with Crippen molar-refractivity contribution in [2.75, 3.05) is 60.1 Å². The Labute approximate surface area is 686 Å². The number of anilines is 1. The maximum absolute atomic E-state index is 13.8. The van der Waals surface area contributed by atoms with E-state index in [1.165, 1.54) is 11.0 Å². The van der Waals surface area contributed by atoms with Crippen LogP contribution in [0.1, 0.15) is 117 Å². The first-order valence-corrected chi connectivity index (χ1v) is 38.7. The summed E-state index contributed by atoms with van der Waals surface area (Å²) in [5, 5.41) is 34.4. The first-order valence-electron chi connectivity index (χ1n) is 29.0. The minimum Gasteiger partial charge on any atom is -0.550 e. The van der Waals surface area contributed by atoms with Crippen molar-refractivity contribution in [3.05, 3.63) is 144 Å². The molecule has 1 aliphatic heterocycles. The highest BCUT2D eigenvalue weighted by molar-refractivity contribution is 14.1. The number of esters is 4. The van der Waals surface area contributed by atoms with Gasteiger partial charge in [0.2, 0.25) is 17.4 Å². The van der Waals surface area contributed by atoms with Crippen LogP contribution in [0.15, 0.2) is 66.8 Å². The van der Waals surface area contributed by atoms with Crippen LogP contribution in [0.25, 0.3) is 0 Å². The van der Waals surface area contributed by atoms with Gasteiger partial charge in [-0.1, -0.05) is 39.5 Å². The van der Waals surface area contributed by atoms with Gasteiger partial charge in [0.25, 0.3) is 0 Å². The number of halogens is 13. The highest BCUT2D eigenvalue weighted by Gasteiger charge is 2.41. The molecule has 2 fully saturated rings.